The van der Waals surface area contributed by atoms with Crippen molar-refractivity contribution in [3.63, 3.8) is 0 Å². The van der Waals surface area contributed by atoms with Gasteiger partial charge in [-0.2, -0.15) is 0 Å². The molecule has 0 atom stereocenters. The van der Waals surface area contributed by atoms with Gasteiger partial charge in [-0.1, -0.05) is 18.2 Å². The number of carbonyl (C=O) groups excluding carboxylic acids is 1. The SMILES string of the molecule is CCOc1ccccc1Nc1cncc(C(=O)NCc2cccnc2)c1. The molecule has 6 heteroatoms. The Morgan fingerprint density at radius 2 is 1.96 bits per heavy atom. The molecule has 0 aliphatic rings. The fourth-order valence-corrected chi connectivity index (χ4v) is 2.43. The van der Waals surface area contributed by atoms with Crippen LogP contribution >= 0.6 is 0 Å². The molecule has 0 saturated carbocycles. The van der Waals surface area contributed by atoms with Gasteiger partial charge in [0.05, 0.1) is 29.7 Å². The number of aromatic nitrogens is 2. The van der Waals surface area contributed by atoms with Crippen molar-refractivity contribution in [2.45, 2.75) is 13.5 Å². The number of nitrogens with zero attached hydrogens (tertiary/aromatic N) is 2. The number of ether oxygens (including phenoxy) is 1. The van der Waals surface area contributed by atoms with Gasteiger partial charge < -0.3 is 15.4 Å². The molecule has 0 fully saturated rings. The van der Waals surface area contributed by atoms with E-state index < -0.39 is 0 Å². The molecule has 2 heterocycles. The van der Waals surface area contributed by atoms with Gasteiger partial charge in [-0.15, -0.1) is 0 Å². The lowest BCUT2D eigenvalue weighted by molar-refractivity contribution is 0.0950. The van der Waals surface area contributed by atoms with Crippen LogP contribution in [0.5, 0.6) is 5.75 Å². The average Bonchev–Trinajstić information content (AvgIpc) is 2.69. The number of nitrogens with one attached hydrogen (secondary N) is 2. The topological polar surface area (TPSA) is 76.1 Å². The molecule has 26 heavy (non-hydrogen) atoms. The summed E-state index contributed by atoms with van der Waals surface area (Å²) < 4.78 is 5.61. The third-order valence-electron chi connectivity index (χ3n) is 3.64. The molecule has 0 saturated heterocycles. The number of anilines is 2. The minimum Gasteiger partial charge on any atom is -0.492 e. The predicted molar refractivity (Wildman–Crippen MR) is 101 cm³/mol. The fraction of sp³-hybridized carbons (Fsp3) is 0.150. The van der Waals surface area contributed by atoms with Crippen LogP contribution in [0.15, 0.2) is 67.3 Å². The molecule has 0 aliphatic heterocycles. The first-order valence-electron chi connectivity index (χ1n) is 8.37. The highest BCUT2D eigenvalue weighted by Crippen LogP contribution is 2.27. The molecule has 0 spiro atoms. The van der Waals surface area contributed by atoms with Gasteiger partial charge in [-0.3, -0.25) is 14.8 Å². The van der Waals surface area contributed by atoms with Crippen LogP contribution in [0.1, 0.15) is 22.8 Å². The van der Waals surface area contributed by atoms with Crippen LogP contribution < -0.4 is 15.4 Å². The van der Waals surface area contributed by atoms with Gasteiger partial charge in [0.15, 0.2) is 0 Å². The number of carbonyl (C=O) groups is 1. The smallest absolute Gasteiger partial charge is 0.253 e. The Hall–Kier alpha value is -3.41. The first-order chi connectivity index (χ1) is 12.8. The summed E-state index contributed by atoms with van der Waals surface area (Å²) in [7, 11) is 0. The Bertz CT molecular complexity index is 868. The van der Waals surface area contributed by atoms with Gasteiger partial charge in [-0.05, 0) is 36.8 Å². The third kappa shape index (κ3) is 4.57. The van der Waals surface area contributed by atoms with E-state index in [1.54, 1.807) is 24.7 Å². The lowest BCUT2D eigenvalue weighted by Crippen LogP contribution is -2.23. The van der Waals surface area contributed by atoms with Crippen molar-refractivity contribution in [1.82, 2.24) is 15.3 Å². The standard InChI is InChI=1S/C20H20N4O2/c1-2-26-19-8-4-3-7-18(19)24-17-10-16(13-22-14-17)20(25)23-12-15-6-5-9-21-11-15/h3-11,13-14,24H,2,12H2,1H3,(H,23,25). The monoisotopic (exact) mass is 348 g/mol. The Morgan fingerprint density at radius 1 is 1.08 bits per heavy atom. The van der Waals surface area contributed by atoms with Gasteiger partial charge in [0.2, 0.25) is 0 Å². The number of hydrogen-bond donors (Lipinski definition) is 2. The number of benzene rings is 1. The van der Waals surface area contributed by atoms with Crippen molar-refractivity contribution >= 4 is 17.3 Å². The Balaban J connectivity index is 1.69. The number of pyridine rings is 2. The van der Waals surface area contributed by atoms with Crippen LogP contribution in [0, 0.1) is 0 Å². The molecule has 1 aromatic carbocycles. The molecular weight excluding hydrogens is 328 g/mol. The molecule has 3 aromatic rings. The summed E-state index contributed by atoms with van der Waals surface area (Å²) in [4.78, 5) is 20.6. The zero-order valence-electron chi connectivity index (χ0n) is 14.5. The van der Waals surface area contributed by atoms with E-state index in [2.05, 4.69) is 20.6 Å². The third-order valence-corrected chi connectivity index (χ3v) is 3.64. The summed E-state index contributed by atoms with van der Waals surface area (Å²) in [5, 5.41) is 6.12. The minimum atomic E-state index is -0.192. The fourth-order valence-electron chi connectivity index (χ4n) is 2.43. The van der Waals surface area contributed by atoms with E-state index in [-0.39, 0.29) is 5.91 Å². The highest BCUT2D eigenvalue weighted by molar-refractivity contribution is 5.94. The zero-order valence-corrected chi connectivity index (χ0v) is 14.5. The quantitative estimate of drug-likeness (QED) is 0.683. The van der Waals surface area contributed by atoms with Crippen LogP contribution in [0.25, 0.3) is 0 Å². The van der Waals surface area contributed by atoms with Crippen molar-refractivity contribution in [2.24, 2.45) is 0 Å². The molecule has 1 amide bonds. The van der Waals surface area contributed by atoms with Gasteiger partial charge in [-0.25, -0.2) is 0 Å². The largest absolute Gasteiger partial charge is 0.492 e. The van der Waals surface area contributed by atoms with Crippen molar-refractivity contribution < 1.29 is 9.53 Å². The van der Waals surface area contributed by atoms with Gasteiger partial charge >= 0.3 is 0 Å². The summed E-state index contributed by atoms with van der Waals surface area (Å²) in [6.45, 7) is 2.93. The van der Waals surface area contributed by atoms with Crippen LogP contribution in [-0.4, -0.2) is 22.5 Å². The van der Waals surface area contributed by atoms with E-state index >= 15 is 0 Å². The highest BCUT2D eigenvalue weighted by atomic mass is 16.5. The van der Waals surface area contributed by atoms with Gasteiger partial charge in [0.25, 0.3) is 5.91 Å². The van der Waals surface area contributed by atoms with E-state index in [0.29, 0.717) is 24.4 Å². The maximum absolute atomic E-state index is 12.4. The van der Waals surface area contributed by atoms with Crippen molar-refractivity contribution in [3.05, 3.63) is 78.4 Å². The maximum Gasteiger partial charge on any atom is 0.253 e. The highest BCUT2D eigenvalue weighted by Gasteiger charge is 2.08. The van der Waals surface area contributed by atoms with Crippen molar-refractivity contribution in [2.75, 3.05) is 11.9 Å². The Labute approximate surface area is 152 Å². The summed E-state index contributed by atoms with van der Waals surface area (Å²) >= 11 is 0. The zero-order chi connectivity index (χ0) is 18.2. The van der Waals surface area contributed by atoms with Crippen LogP contribution in [-0.2, 0) is 6.54 Å². The lowest BCUT2D eigenvalue weighted by atomic mass is 10.2. The van der Waals surface area contributed by atoms with Crippen LogP contribution in [0.4, 0.5) is 11.4 Å². The Kier molecular flexibility index (Phi) is 5.77. The molecule has 6 nitrogen and oxygen atoms in total. The van der Waals surface area contributed by atoms with E-state index in [0.717, 1.165) is 17.0 Å². The molecule has 2 N–H and O–H groups in total. The molecule has 0 unspecified atom stereocenters. The molecule has 0 aliphatic carbocycles. The number of rotatable bonds is 7. The molecule has 132 valence electrons. The van der Waals surface area contributed by atoms with E-state index in [9.17, 15) is 4.79 Å². The van der Waals surface area contributed by atoms with E-state index in [1.165, 1.54) is 6.20 Å². The van der Waals surface area contributed by atoms with Crippen molar-refractivity contribution in [3.8, 4) is 5.75 Å². The minimum absolute atomic E-state index is 0.192. The van der Waals surface area contributed by atoms with E-state index in [1.807, 2.05) is 43.3 Å². The van der Waals surface area contributed by atoms with Crippen LogP contribution in [0.3, 0.4) is 0 Å². The second kappa shape index (κ2) is 8.62. The normalized spacial score (nSPS) is 10.2. The second-order valence-electron chi connectivity index (χ2n) is 5.56. The molecule has 0 bridgehead atoms. The van der Waals surface area contributed by atoms with Gasteiger partial charge in [0.1, 0.15) is 5.75 Å². The first-order valence-corrected chi connectivity index (χ1v) is 8.37. The maximum atomic E-state index is 12.4. The van der Waals surface area contributed by atoms with E-state index in [4.69, 9.17) is 4.74 Å². The van der Waals surface area contributed by atoms with Crippen molar-refractivity contribution in [1.29, 1.82) is 0 Å². The predicted octanol–water partition coefficient (Wildman–Crippen LogP) is 3.55. The number of amides is 1. The lowest BCUT2D eigenvalue weighted by Gasteiger charge is -2.12. The summed E-state index contributed by atoms with van der Waals surface area (Å²) in [6.07, 6.45) is 6.63. The summed E-state index contributed by atoms with van der Waals surface area (Å²) in [5.74, 6) is 0.560. The Morgan fingerprint density at radius 3 is 2.77 bits per heavy atom. The first kappa shape index (κ1) is 17.4. The summed E-state index contributed by atoms with van der Waals surface area (Å²) in [5.41, 5.74) is 2.96. The molecule has 3 rings (SSSR count). The summed E-state index contributed by atoms with van der Waals surface area (Å²) in [6, 6.07) is 13.1. The number of para-hydroxylation sites is 2. The number of hydrogen-bond acceptors (Lipinski definition) is 5. The van der Waals surface area contributed by atoms with Gasteiger partial charge in [0, 0.05) is 25.1 Å². The average molecular weight is 348 g/mol. The molecular formula is C20H20N4O2. The molecule has 2 aromatic heterocycles. The second-order valence-corrected chi connectivity index (χ2v) is 5.56. The molecule has 0 radical (unpaired) electrons. The van der Waals surface area contributed by atoms with Crippen LogP contribution in [0.2, 0.25) is 0 Å².